The second kappa shape index (κ2) is 5.87. The molecule has 96 valence electrons. The molecule has 1 unspecified atom stereocenters. The molecule has 0 saturated heterocycles. The van der Waals surface area contributed by atoms with Gasteiger partial charge in [0.15, 0.2) is 0 Å². The maximum Gasteiger partial charge on any atom is 0.0960 e. The van der Waals surface area contributed by atoms with Crippen LogP contribution < -0.4 is 0 Å². The Bertz CT molecular complexity index is 517. The number of aryl methyl sites for hydroxylation is 2. The van der Waals surface area contributed by atoms with Crippen molar-refractivity contribution in [3.8, 4) is 0 Å². The van der Waals surface area contributed by atoms with E-state index in [0.29, 0.717) is 6.42 Å². The average Bonchev–Trinajstić information content (AvgIpc) is 2.68. The highest BCUT2D eigenvalue weighted by molar-refractivity contribution is 7.98. The van der Waals surface area contributed by atoms with Crippen LogP contribution in [-0.2, 0) is 6.42 Å². The van der Waals surface area contributed by atoms with Gasteiger partial charge in [-0.05, 0) is 31.7 Å². The van der Waals surface area contributed by atoms with Crippen LogP contribution in [0.4, 0.5) is 0 Å². The van der Waals surface area contributed by atoms with Gasteiger partial charge in [0.05, 0.1) is 16.8 Å². The van der Waals surface area contributed by atoms with Gasteiger partial charge in [-0.2, -0.15) is 0 Å². The second-order valence-electron chi connectivity index (χ2n) is 4.21. The van der Waals surface area contributed by atoms with E-state index in [-0.39, 0.29) is 0 Å². The van der Waals surface area contributed by atoms with Crippen LogP contribution in [0.1, 0.15) is 27.2 Å². The Morgan fingerprint density at radius 3 is 2.67 bits per heavy atom. The van der Waals surface area contributed by atoms with Gasteiger partial charge < -0.3 is 5.11 Å². The maximum atomic E-state index is 10.3. The summed E-state index contributed by atoms with van der Waals surface area (Å²) in [6.07, 6.45) is 2.15. The molecule has 0 radical (unpaired) electrons. The minimum atomic E-state index is -0.474. The van der Waals surface area contributed by atoms with Gasteiger partial charge in [0, 0.05) is 16.2 Å². The largest absolute Gasteiger partial charge is 0.388 e. The summed E-state index contributed by atoms with van der Waals surface area (Å²) in [6, 6.07) is 8.00. The summed E-state index contributed by atoms with van der Waals surface area (Å²) in [4.78, 5) is 6.85. The van der Waals surface area contributed by atoms with Crippen molar-refractivity contribution < 1.29 is 5.11 Å². The molecule has 1 aromatic heterocycles. The highest BCUT2D eigenvalue weighted by Gasteiger charge is 2.15. The van der Waals surface area contributed by atoms with Crippen LogP contribution in [-0.4, -0.2) is 16.3 Å². The molecular weight excluding hydrogens is 262 g/mol. The van der Waals surface area contributed by atoms with Crippen molar-refractivity contribution in [3.05, 3.63) is 45.4 Å². The molecule has 2 rings (SSSR count). The summed E-state index contributed by atoms with van der Waals surface area (Å²) in [5, 5.41) is 11.3. The van der Waals surface area contributed by atoms with Crippen molar-refractivity contribution in [1.29, 1.82) is 0 Å². The number of rotatable bonds is 4. The first-order valence-corrected chi connectivity index (χ1v) is 7.90. The zero-order valence-corrected chi connectivity index (χ0v) is 12.4. The van der Waals surface area contributed by atoms with E-state index in [2.05, 4.69) is 11.9 Å². The number of benzene rings is 1. The van der Waals surface area contributed by atoms with E-state index >= 15 is 0 Å². The molecule has 1 N–H and O–H groups in total. The summed E-state index contributed by atoms with van der Waals surface area (Å²) >= 11 is 3.34. The smallest absolute Gasteiger partial charge is 0.0960 e. The van der Waals surface area contributed by atoms with Crippen molar-refractivity contribution >= 4 is 23.1 Å². The number of aliphatic hydroxyl groups is 1. The molecule has 0 fully saturated rings. The second-order valence-corrected chi connectivity index (χ2v) is 6.35. The lowest BCUT2D eigenvalue weighted by atomic mass is 10.1. The van der Waals surface area contributed by atoms with E-state index in [1.165, 1.54) is 4.88 Å². The van der Waals surface area contributed by atoms with E-state index in [0.717, 1.165) is 21.2 Å². The lowest BCUT2D eigenvalue weighted by molar-refractivity contribution is 0.175. The van der Waals surface area contributed by atoms with E-state index < -0.39 is 6.10 Å². The van der Waals surface area contributed by atoms with Gasteiger partial charge in [-0.25, -0.2) is 4.98 Å². The van der Waals surface area contributed by atoms with Gasteiger partial charge in [-0.1, -0.05) is 18.2 Å². The molecule has 0 aliphatic carbocycles. The molecule has 0 amide bonds. The van der Waals surface area contributed by atoms with Crippen LogP contribution in [0.3, 0.4) is 0 Å². The zero-order chi connectivity index (χ0) is 13.1. The molecule has 0 aliphatic heterocycles. The number of hydrogen-bond donors (Lipinski definition) is 1. The summed E-state index contributed by atoms with van der Waals surface area (Å²) in [6.45, 7) is 4.08. The topological polar surface area (TPSA) is 33.1 Å². The number of nitrogens with zero attached hydrogens (tertiary/aromatic N) is 1. The zero-order valence-electron chi connectivity index (χ0n) is 10.8. The van der Waals surface area contributed by atoms with Gasteiger partial charge in [-0.15, -0.1) is 23.1 Å². The van der Waals surface area contributed by atoms with E-state index in [9.17, 15) is 5.11 Å². The van der Waals surface area contributed by atoms with Crippen molar-refractivity contribution in [2.45, 2.75) is 31.3 Å². The van der Waals surface area contributed by atoms with Gasteiger partial charge >= 0.3 is 0 Å². The lowest BCUT2D eigenvalue weighted by Crippen LogP contribution is -2.03. The minimum absolute atomic E-state index is 0.474. The van der Waals surface area contributed by atoms with Crippen LogP contribution in [0.5, 0.6) is 0 Å². The standard InChI is InChI=1S/C14H17NOS2/c1-9-10(2)18-14(15-9)8-12(16)11-6-4-5-7-13(11)17-3/h4-7,12,16H,8H2,1-3H3. The Labute approximate surface area is 116 Å². The van der Waals surface area contributed by atoms with Crippen LogP contribution in [0.15, 0.2) is 29.2 Å². The maximum absolute atomic E-state index is 10.3. The number of thiazole rings is 1. The summed E-state index contributed by atoms with van der Waals surface area (Å²) in [7, 11) is 0. The Kier molecular flexibility index (Phi) is 4.43. The normalized spacial score (nSPS) is 12.7. The summed E-state index contributed by atoms with van der Waals surface area (Å²) in [5.41, 5.74) is 2.07. The van der Waals surface area contributed by atoms with Crippen LogP contribution in [0, 0.1) is 13.8 Å². The van der Waals surface area contributed by atoms with Crippen molar-refractivity contribution in [2.24, 2.45) is 0 Å². The molecule has 0 bridgehead atoms. The fraction of sp³-hybridized carbons (Fsp3) is 0.357. The Morgan fingerprint density at radius 1 is 1.33 bits per heavy atom. The van der Waals surface area contributed by atoms with Crippen LogP contribution in [0.25, 0.3) is 0 Å². The predicted octanol–water partition coefficient (Wildman–Crippen LogP) is 3.76. The lowest BCUT2D eigenvalue weighted by Gasteiger charge is -2.12. The monoisotopic (exact) mass is 279 g/mol. The third-order valence-corrected chi connectivity index (χ3v) is 4.85. The first-order valence-electron chi connectivity index (χ1n) is 5.85. The molecule has 2 aromatic rings. The molecule has 1 atom stereocenters. The Hall–Kier alpha value is -0.840. The fourth-order valence-electron chi connectivity index (χ4n) is 1.84. The molecule has 0 aliphatic rings. The molecule has 0 saturated carbocycles. The van der Waals surface area contributed by atoms with E-state index in [4.69, 9.17) is 0 Å². The number of aliphatic hydroxyl groups excluding tert-OH is 1. The first kappa shape index (κ1) is 13.6. The quantitative estimate of drug-likeness (QED) is 0.865. The van der Waals surface area contributed by atoms with Gasteiger partial charge in [0.2, 0.25) is 0 Å². The molecular formula is C14H17NOS2. The number of aromatic nitrogens is 1. The number of hydrogen-bond acceptors (Lipinski definition) is 4. The third-order valence-electron chi connectivity index (χ3n) is 2.94. The molecule has 18 heavy (non-hydrogen) atoms. The van der Waals surface area contributed by atoms with Gasteiger partial charge in [-0.3, -0.25) is 0 Å². The van der Waals surface area contributed by atoms with Crippen molar-refractivity contribution in [2.75, 3.05) is 6.26 Å². The van der Waals surface area contributed by atoms with Gasteiger partial charge in [0.25, 0.3) is 0 Å². The van der Waals surface area contributed by atoms with Crippen molar-refractivity contribution in [1.82, 2.24) is 4.98 Å². The average molecular weight is 279 g/mol. The highest BCUT2D eigenvalue weighted by Crippen LogP contribution is 2.29. The molecule has 2 nitrogen and oxygen atoms in total. The molecule has 1 heterocycles. The van der Waals surface area contributed by atoms with Crippen LogP contribution >= 0.6 is 23.1 Å². The predicted molar refractivity (Wildman–Crippen MR) is 78.5 cm³/mol. The summed E-state index contributed by atoms with van der Waals surface area (Å²) < 4.78 is 0. The fourth-order valence-corrected chi connectivity index (χ4v) is 3.47. The molecule has 1 aromatic carbocycles. The SMILES string of the molecule is CSc1ccccc1C(O)Cc1nc(C)c(C)s1. The first-order chi connectivity index (χ1) is 8.61. The molecule has 4 heteroatoms. The van der Waals surface area contributed by atoms with E-state index in [1.54, 1.807) is 23.1 Å². The summed E-state index contributed by atoms with van der Waals surface area (Å²) in [5.74, 6) is 0. The minimum Gasteiger partial charge on any atom is -0.388 e. The van der Waals surface area contributed by atoms with Crippen molar-refractivity contribution in [3.63, 3.8) is 0 Å². The molecule has 0 spiro atoms. The number of thioether (sulfide) groups is 1. The third kappa shape index (κ3) is 2.94. The van der Waals surface area contributed by atoms with Gasteiger partial charge in [0.1, 0.15) is 0 Å². The highest BCUT2D eigenvalue weighted by atomic mass is 32.2. The van der Waals surface area contributed by atoms with E-state index in [1.807, 2.05) is 37.4 Å². The van der Waals surface area contributed by atoms with Crippen LogP contribution in [0.2, 0.25) is 0 Å². The Balaban J connectivity index is 2.18. The Morgan fingerprint density at radius 2 is 2.06 bits per heavy atom.